The first-order valence-electron chi connectivity index (χ1n) is 12.4. The van der Waals surface area contributed by atoms with E-state index in [4.69, 9.17) is 5.73 Å². The molecule has 1 aliphatic heterocycles. The molecule has 2 aromatic rings. The summed E-state index contributed by atoms with van der Waals surface area (Å²) in [6.07, 6.45) is 8.23. The Morgan fingerprint density at radius 2 is 1.82 bits per heavy atom. The van der Waals surface area contributed by atoms with Gasteiger partial charge in [-0.25, -0.2) is 0 Å². The molecule has 1 heterocycles. The Bertz CT molecular complexity index is 981. The molecule has 3 N–H and O–H groups in total. The van der Waals surface area contributed by atoms with Crippen LogP contribution in [0.3, 0.4) is 0 Å². The van der Waals surface area contributed by atoms with Gasteiger partial charge in [0.2, 0.25) is 5.91 Å². The van der Waals surface area contributed by atoms with Crippen molar-refractivity contribution in [2.75, 3.05) is 4.90 Å². The summed E-state index contributed by atoms with van der Waals surface area (Å²) in [4.78, 5) is 28.2. The van der Waals surface area contributed by atoms with E-state index in [9.17, 15) is 14.7 Å². The van der Waals surface area contributed by atoms with E-state index in [1.807, 2.05) is 55.5 Å². The lowest BCUT2D eigenvalue weighted by Crippen LogP contribution is -2.61. The maximum atomic E-state index is 14.0. The van der Waals surface area contributed by atoms with Crippen LogP contribution in [0.2, 0.25) is 0 Å². The van der Waals surface area contributed by atoms with Crippen molar-refractivity contribution in [3.05, 3.63) is 65.2 Å². The lowest BCUT2D eigenvalue weighted by Gasteiger charge is -2.37. The first-order valence-corrected chi connectivity index (χ1v) is 12.4. The van der Waals surface area contributed by atoms with Gasteiger partial charge in [-0.3, -0.25) is 9.59 Å². The van der Waals surface area contributed by atoms with E-state index in [1.165, 1.54) is 19.3 Å². The zero-order valence-electron chi connectivity index (χ0n) is 19.6. The second-order valence-corrected chi connectivity index (χ2v) is 10.0. The molecule has 33 heavy (non-hydrogen) atoms. The van der Waals surface area contributed by atoms with Gasteiger partial charge in [0.1, 0.15) is 5.54 Å². The number of aliphatic carboxylic acids is 1. The molecule has 176 valence electrons. The molecule has 2 aliphatic rings. The Kier molecular flexibility index (Phi) is 7.18. The van der Waals surface area contributed by atoms with Gasteiger partial charge in [-0.1, -0.05) is 80.1 Å². The summed E-state index contributed by atoms with van der Waals surface area (Å²) in [5.74, 6) is -1.57. The third kappa shape index (κ3) is 5.14. The van der Waals surface area contributed by atoms with E-state index in [1.54, 1.807) is 4.90 Å². The minimum atomic E-state index is -1.43. The lowest BCUT2D eigenvalue weighted by atomic mass is 9.75. The van der Waals surface area contributed by atoms with Crippen LogP contribution in [0.5, 0.6) is 0 Å². The summed E-state index contributed by atoms with van der Waals surface area (Å²) in [6.45, 7) is 2.41. The third-order valence-electron chi connectivity index (χ3n) is 7.70. The first-order chi connectivity index (χ1) is 15.9. The fraction of sp³-hybridized carbons (Fsp3) is 0.500. The van der Waals surface area contributed by atoms with Crippen molar-refractivity contribution in [1.82, 2.24) is 0 Å². The van der Waals surface area contributed by atoms with E-state index in [0.717, 1.165) is 41.6 Å². The molecule has 0 aromatic heterocycles. The van der Waals surface area contributed by atoms with Gasteiger partial charge in [0.15, 0.2) is 0 Å². The zero-order valence-corrected chi connectivity index (χ0v) is 19.6. The molecular weight excluding hydrogens is 412 g/mol. The quantitative estimate of drug-likeness (QED) is 0.607. The highest BCUT2D eigenvalue weighted by Gasteiger charge is 2.49. The second-order valence-electron chi connectivity index (χ2n) is 10.0. The first kappa shape index (κ1) is 23.5. The van der Waals surface area contributed by atoms with Crippen LogP contribution in [0, 0.1) is 18.8 Å². The number of aryl methyl sites for hydroxylation is 2. The van der Waals surface area contributed by atoms with Crippen LogP contribution >= 0.6 is 0 Å². The van der Waals surface area contributed by atoms with Gasteiger partial charge in [0, 0.05) is 5.69 Å². The molecule has 2 aromatic carbocycles. The van der Waals surface area contributed by atoms with Crippen molar-refractivity contribution in [1.29, 1.82) is 0 Å². The fourth-order valence-electron chi connectivity index (χ4n) is 5.63. The van der Waals surface area contributed by atoms with Crippen LogP contribution in [0.1, 0.15) is 68.1 Å². The highest BCUT2D eigenvalue weighted by Crippen LogP contribution is 2.38. The van der Waals surface area contributed by atoms with E-state index < -0.39 is 17.4 Å². The van der Waals surface area contributed by atoms with Crippen LogP contribution in [-0.4, -0.2) is 22.5 Å². The third-order valence-corrected chi connectivity index (χ3v) is 7.70. The van der Waals surface area contributed by atoms with Crippen LogP contribution in [0.15, 0.2) is 48.5 Å². The molecule has 1 amide bonds. The average Bonchev–Trinajstić information content (AvgIpc) is 2.92. The fourth-order valence-corrected chi connectivity index (χ4v) is 5.63. The molecule has 5 nitrogen and oxygen atoms in total. The van der Waals surface area contributed by atoms with Crippen molar-refractivity contribution in [2.24, 2.45) is 17.6 Å². The van der Waals surface area contributed by atoms with Crippen molar-refractivity contribution in [2.45, 2.75) is 76.8 Å². The number of anilines is 1. The number of hydrogen-bond donors (Lipinski definition) is 2. The van der Waals surface area contributed by atoms with Gasteiger partial charge >= 0.3 is 5.97 Å². The number of fused-ring (bicyclic) bond motifs is 1. The number of carbonyl (C=O) groups excluding carboxylic acids is 1. The number of carboxylic acid groups (broad SMARTS) is 1. The SMILES string of the molecule is Cc1ccc(CN2C(=O)C(N)([C@H](CCC3CCCCC3)C(=O)O)CCc3ccccc32)cc1. The van der Waals surface area contributed by atoms with E-state index >= 15 is 0 Å². The van der Waals surface area contributed by atoms with E-state index in [-0.39, 0.29) is 5.91 Å². The number of carbonyl (C=O) groups is 2. The molecule has 1 aliphatic carbocycles. The summed E-state index contributed by atoms with van der Waals surface area (Å²) >= 11 is 0. The number of hydrogen-bond acceptors (Lipinski definition) is 3. The Hall–Kier alpha value is -2.66. The average molecular weight is 449 g/mol. The monoisotopic (exact) mass is 448 g/mol. The van der Waals surface area contributed by atoms with Gasteiger partial charge in [-0.2, -0.15) is 0 Å². The van der Waals surface area contributed by atoms with Crippen molar-refractivity contribution < 1.29 is 14.7 Å². The van der Waals surface area contributed by atoms with Gasteiger partial charge in [-0.05, 0) is 55.7 Å². The molecule has 2 atom stereocenters. The maximum absolute atomic E-state index is 14.0. The van der Waals surface area contributed by atoms with Crippen molar-refractivity contribution in [3.8, 4) is 0 Å². The summed E-state index contributed by atoms with van der Waals surface area (Å²) in [6, 6.07) is 16.0. The number of nitrogens with two attached hydrogens (primary N) is 1. The predicted octanol–water partition coefficient (Wildman–Crippen LogP) is 5.23. The standard InChI is InChI=1S/C28H36N2O3/c1-20-11-13-22(14-12-20)19-30-25-10-6-5-9-23(25)17-18-28(29,27(30)33)24(26(31)32)16-15-21-7-3-2-4-8-21/h5-6,9-14,21,24H,2-4,7-8,15-19,29H2,1H3,(H,31,32)/t24-,28?/m1/s1. The number of amides is 1. The highest BCUT2D eigenvalue weighted by molar-refractivity contribution is 6.03. The summed E-state index contributed by atoms with van der Waals surface area (Å²) < 4.78 is 0. The highest BCUT2D eigenvalue weighted by atomic mass is 16.4. The Balaban J connectivity index is 1.64. The van der Waals surface area contributed by atoms with E-state index in [2.05, 4.69) is 0 Å². The number of para-hydroxylation sites is 1. The number of nitrogens with zero attached hydrogens (tertiary/aromatic N) is 1. The summed E-state index contributed by atoms with van der Waals surface area (Å²) in [7, 11) is 0. The lowest BCUT2D eigenvalue weighted by molar-refractivity contribution is -0.148. The van der Waals surface area contributed by atoms with Crippen LogP contribution in [0.25, 0.3) is 0 Å². The molecule has 1 fully saturated rings. The Labute approximate surface area is 197 Å². The van der Waals surface area contributed by atoms with Gasteiger partial charge in [-0.15, -0.1) is 0 Å². The van der Waals surface area contributed by atoms with Gasteiger partial charge in [0.05, 0.1) is 12.5 Å². The van der Waals surface area contributed by atoms with E-state index in [0.29, 0.717) is 31.7 Å². The van der Waals surface area contributed by atoms with Crippen LogP contribution in [0.4, 0.5) is 5.69 Å². The normalized spacial score (nSPS) is 22.5. The molecular formula is C28H36N2O3. The van der Waals surface area contributed by atoms with Crippen LogP contribution in [-0.2, 0) is 22.6 Å². The predicted molar refractivity (Wildman–Crippen MR) is 131 cm³/mol. The zero-order chi connectivity index (χ0) is 23.4. The maximum Gasteiger partial charge on any atom is 0.308 e. The molecule has 4 rings (SSSR count). The van der Waals surface area contributed by atoms with Crippen LogP contribution < -0.4 is 10.6 Å². The minimum absolute atomic E-state index is 0.274. The second kappa shape index (κ2) is 10.1. The molecule has 0 bridgehead atoms. The molecule has 0 saturated heterocycles. The molecule has 1 saturated carbocycles. The molecule has 5 heteroatoms. The van der Waals surface area contributed by atoms with Gasteiger partial charge in [0.25, 0.3) is 0 Å². The number of benzene rings is 2. The Morgan fingerprint density at radius 3 is 2.52 bits per heavy atom. The minimum Gasteiger partial charge on any atom is -0.481 e. The Morgan fingerprint density at radius 1 is 1.12 bits per heavy atom. The molecule has 1 unspecified atom stereocenters. The number of carboxylic acids is 1. The summed E-state index contributed by atoms with van der Waals surface area (Å²) in [5.41, 5.74) is 9.45. The topological polar surface area (TPSA) is 83.6 Å². The van der Waals surface area contributed by atoms with Gasteiger partial charge < -0.3 is 15.7 Å². The molecule has 0 radical (unpaired) electrons. The largest absolute Gasteiger partial charge is 0.481 e. The smallest absolute Gasteiger partial charge is 0.308 e. The number of rotatable bonds is 7. The summed E-state index contributed by atoms with van der Waals surface area (Å²) in [5, 5.41) is 10.2. The molecule has 0 spiro atoms. The van der Waals surface area contributed by atoms with Crippen molar-refractivity contribution >= 4 is 17.6 Å². The van der Waals surface area contributed by atoms with Crippen molar-refractivity contribution in [3.63, 3.8) is 0 Å².